The van der Waals surface area contributed by atoms with Gasteiger partial charge in [0.05, 0.1) is 23.4 Å². The molecule has 1 N–H and O–H groups in total. The summed E-state index contributed by atoms with van der Waals surface area (Å²) in [5, 5.41) is 4.79. The molecule has 0 fully saturated rings. The Labute approximate surface area is 125 Å². The summed E-state index contributed by atoms with van der Waals surface area (Å²) in [6, 6.07) is 7.56. The van der Waals surface area contributed by atoms with Crippen molar-refractivity contribution < 1.29 is 13.6 Å². The van der Waals surface area contributed by atoms with Gasteiger partial charge < -0.3 is 14.2 Å². The number of aromatic nitrogens is 1. The third-order valence-electron chi connectivity index (χ3n) is 2.93. The van der Waals surface area contributed by atoms with Crippen molar-refractivity contribution in [3.63, 3.8) is 0 Å². The minimum Gasteiger partial charge on any atom is -0.469 e. The molecule has 3 aromatic rings. The van der Waals surface area contributed by atoms with E-state index in [1.54, 1.807) is 23.9 Å². The Kier molecular flexibility index (Phi) is 4.16. The Morgan fingerprint density at radius 1 is 1.29 bits per heavy atom. The van der Waals surface area contributed by atoms with Gasteiger partial charge in [0.2, 0.25) is 11.8 Å². The minimum absolute atomic E-state index is 0.0351. The predicted octanol–water partition coefficient (Wildman–Crippen LogP) is 3.25. The maximum absolute atomic E-state index is 11.7. The first-order chi connectivity index (χ1) is 10.3. The van der Waals surface area contributed by atoms with E-state index in [-0.39, 0.29) is 5.91 Å². The molecule has 3 aromatic heterocycles. The van der Waals surface area contributed by atoms with Gasteiger partial charge in [0, 0.05) is 12.8 Å². The van der Waals surface area contributed by atoms with Crippen molar-refractivity contribution in [2.45, 2.75) is 19.4 Å². The van der Waals surface area contributed by atoms with E-state index < -0.39 is 0 Å². The number of carbonyl (C=O) groups is 1. The van der Waals surface area contributed by atoms with E-state index in [0.29, 0.717) is 31.0 Å². The summed E-state index contributed by atoms with van der Waals surface area (Å²) in [6.07, 6.45) is 4.16. The van der Waals surface area contributed by atoms with Crippen molar-refractivity contribution in [2.24, 2.45) is 0 Å². The van der Waals surface area contributed by atoms with Crippen molar-refractivity contribution >= 4 is 17.2 Å². The molecule has 3 rings (SSSR count). The molecule has 0 aromatic carbocycles. The van der Waals surface area contributed by atoms with Crippen LogP contribution in [0.2, 0.25) is 0 Å². The van der Waals surface area contributed by atoms with Crippen LogP contribution in [0.15, 0.2) is 51.0 Å². The van der Waals surface area contributed by atoms with Crippen LogP contribution in [-0.2, 0) is 17.8 Å². The summed E-state index contributed by atoms with van der Waals surface area (Å²) >= 11 is 1.57. The van der Waals surface area contributed by atoms with E-state index in [9.17, 15) is 4.79 Å². The Morgan fingerprint density at radius 3 is 3.00 bits per heavy atom. The normalized spacial score (nSPS) is 10.7. The maximum Gasteiger partial charge on any atom is 0.236 e. The zero-order chi connectivity index (χ0) is 14.5. The standard InChI is InChI=1S/C15H14N2O3S/c18-14(6-5-12-3-1-7-19-12)16-9-11-10-20-15(17-11)13-4-2-8-21-13/h1-4,7-8,10H,5-6,9H2,(H,16,18). The zero-order valence-electron chi connectivity index (χ0n) is 11.2. The van der Waals surface area contributed by atoms with Crippen LogP contribution in [0.1, 0.15) is 17.9 Å². The molecule has 0 radical (unpaired) electrons. The van der Waals surface area contributed by atoms with Crippen molar-refractivity contribution in [1.82, 2.24) is 10.3 Å². The molecule has 5 nitrogen and oxygen atoms in total. The lowest BCUT2D eigenvalue weighted by molar-refractivity contribution is -0.121. The molecule has 0 unspecified atom stereocenters. The van der Waals surface area contributed by atoms with Crippen LogP contribution < -0.4 is 5.32 Å². The molecule has 0 aliphatic rings. The highest BCUT2D eigenvalue weighted by atomic mass is 32.1. The van der Waals surface area contributed by atoms with Crippen LogP contribution >= 0.6 is 11.3 Å². The molecular weight excluding hydrogens is 288 g/mol. The van der Waals surface area contributed by atoms with Gasteiger partial charge in [-0.2, -0.15) is 0 Å². The highest BCUT2D eigenvalue weighted by molar-refractivity contribution is 7.13. The van der Waals surface area contributed by atoms with Crippen LogP contribution in [0.25, 0.3) is 10.8 Å². The van der Waals surface area contributed by atoms with Gasteiger partial charge in [0.15, 0.2) is 0 Å². The maximum atomic E-state index is 11.7. The number of nitrogens with one attached hydrogen (secondary N) is 1. The molecule has 0 saturated heterocycles. The topological polar surface area (TPSA) is 68.3 Å². The molecule has 3 heterocycles. The molecule has 6 heteroatoms. The second-order valence-electron chi connectivity index (χ2n) is 4.48. The van der Waals surface area contributed by atoms with Crippen LogP contribution in [-0.4, -0.2) is 10.9 Å². The second kappa shape index (κ2) is 6.41. The molecule has 0 aliphatic heterocycles. The third kappa shape index (κ3) is 3.61. The van der Waals surface area contributed by atoms with E-state index in [2.05, 4.69) is 10.3 Å². The van der Waals surface area contributed by atoms with E-state index >= 15 is 0 Å². The van der Waals surface area contributed by atoms with E-state index in [0.717, 1.165) is 10.6 Å². The Morgan fingerprint density at radius 2 is 2.24 bits per heavy atom. The Bertz CT molecular complexity index is 686. The predicted molar refractivity (Wildman–Crippen MR) is 78.7 cm³/mol. The van der Waals surface area contributed by atoms with Gasteiger partial charge in [-0.1, -0.05) is 6.07 Å². The van der Waals surface area contributed by atoms with Gasteiger partial charge in [-0.05, 0) is 23.6 Å². The number of hydrogen-bond acceptors (Lipinski definition) is 5. The fourth-order valence-corrected chi connectivity index (χ4v) is 2.53. The van der Waals surface area contributed by atoms with Crippen molar-refractivity contribution in [3.05, 3.63) is 53.6 Å². The van der Waals surface area contributed by atoms with E-state index in [4.69, 9.17) is 8.83 Å². The van der Waals surface area contributed by atoms with Crippen LogP contribution in [0, 0.1) is 0 Å². The number of oxazole rings is 1. The van der Waals surface area contributed by atoms with Gasteiger partial charge in [-0.15, -0.1) is 11.3 Å². The summed E-state index contributed by atoms with van der Waals surface area (Å²) in [7, 11) is 0. The van der Waals surface area contributed by atoms with Crippen molar-refractivity contribution in [1.29, 1.82) is 0 Å². The zero-order valence-corrected chi connectivity index (χ0v) is 12.1. The summed E-state index contributed by atoms with van der Waals surface area (Å²) in [5.41, 5.74) is 0.713. The molecule has 1 amide bonds. The summed E-state index contributed by atoms with van der Waals surface area (Å²) in [6.45, 7) is 0.367. The van der Waals surface area contributed by atoms with Gasteiger partial charge >= 0.3 is 0 Å². The lowest BCUT2D eigenvalue weighted by atomic mass is 10.2. The number of carbonyl (C=O) groups excluding carboxylic acids is 1. The molecular formula is C15H14N2O3S. The SMILES string of the molecule is O=C(CCc1ccco1)NCc1coc(-c2cccs2)n1. The fraction of sp³-hybridized carbons (Fsp3) is 0.200. The molecule has 21 heavy (non-hydrogen) atoms. The molecule has 0 aliphatic carbocycles. The second-order valence-corrected chi connectivity index (χ2v) is 5.43. The smallest absolute Gasteiger partial charge is 0.236 e. The van der Waals surface area contributed by atoms with Gasteiger partial charge in [-0.25, -0.2) is 4.98 Å². The fourth-order valence-electron chi connectivity index (χ4n) is 1.87. The van der Waals surface area contributed by atoms with Crippen LogP contribution in [0.4, 0.5) is 0 Å². The number of nitrogens with zero attached hydrogens (tertiary/aromatic N) is 1. The average Bonchev–Trinajstić information content (AvgIpc) is 3.24. The van der Waals surface area contributed by atoms with Gasteiger partial charge in [-0.3, -0.25) is 4.79 Å². The van der Waals surface area contributed by atoms with Crippen molar-refractivity contribution in [3.8, 4) is 10.8 Å². The first-order valence-electron chi connectivity index (χ1n) is 6.58. The number of amides is 1. The molecule has 108 valence electrons. The monoisotopic (exact) mass is 302 g/mol. The van der Waals surface area contributed by atoms with Crippen LogP contribution in [0.3, 0.4) is 0 Å². The third-order valence-corrected chi connectivity index (χ3v) is 3.79. The number of hydrogen-bond donors (Lipinski definition) is 1. The van der Waals surface area contributed by atoms with Crippen LogP contribution in [0.5, 0.6) is 0 Å². The summed E-state index contributed by atoms with van der Waals surface area (Å²) < 4.78 is 10.6. The highest BCUT2D eigenvalue weighted by Crippen LogP contribution is 2.23. The minimum atomic E-state index is -0.0351. The van der Waals surface area contributed by atoms with Gasteiger partial charge in [0.1, 0.15) is 12.0 Å². The number of aryl methyl sites for hydroxylation is 1. The largest absolute Gasteiger partial charge is 0.469 e. The summed E-state index contributed by atoms with van der Waals surface area (Å²) in [5.74, 6) is 1.36. The van der Waals surface area contributed by atoms with Crippen molar-refractivity contribution in [2.75, 3.05) is 0 Å². The van der Waals surface area contributed by atoms with E-state index in [1.165, 1.54) is 0 Å². The first kappa shape index (κ1) is 13.6. The average molecular weight is 302 g/mol. The lowest BCUT2D eigenvalue weighted by Crippen LogP contribution is -2.23. The first-order valence-corrected chi connectivity index (χ1v) is 7.46. The Hall–Kier alpha value is -2.34. The van der Waals surface area contributed by atoms with E-state index in [1.807, 2.05) is 29.6 Å². The lowest BCUT2D eigenvalue weighted by Gasteiger charge is -2.01. The van der Waals surface area contributed by atoms with Gasteiger partial charge in [0.25, 0.3) is 0 Å². The molecule has 0 spiro atoms. The number of thiophene rings is 1. The number of rotatable bonds is 6. The highest BCUT2D eigenvalue weighted by Gasteiger charge is 2.09. The Balaban J connectivity index is 1.47. The quantitative estimate of drug-likeness (QED) is 0.759. The summed E-state index contributed by atoms with van der Waals surface area (Å²) in [4.78, 5) is 17.1. The molecule has 0 bridgehead atoms. The number of furan rings is 1. The molecule has 0 atom stereocenters. The molecule has 0 saturated carbocycles.